The lowest BCUT2D eigenvalue weighted by Gasteiger charge is -2.38. The van der Waals surface area contributed by atoms with Gasteiger partial charge in [0.05, 0.1) is 22.8 Å². The number of aromatic carboxylic acids is 1. The van der Waals surface area contributed by atoms with E-state index in [-0.39, 0.29) is 22.3 Å². The molecule has 1 aromatic rings. The third-order valence-corrected chi connectivity index (χ3v) is 4.76. The zero-order valence-electron chi connectivity index (χ0n) is 11.8. The van der Waals surface area contributed by atoms with E-state index in [2.05, 4.69) is 0 Å². The highest BCUT2D eigenvalue weighted by Crippen LogP contribution is 2.41. The average molecular weight is 311 g/mol. The highest BCUT2D eigenvalue weighted by Gasteiger charge is 2.40. The Hall–Kier alpha value is -1.26. The predicted molar refractivity (Wildman–Crippen MR) is 79.2 cm³/mol. The summed E-state index contributed by atoms with van der Waals surface area (Å²) in [5, 5.41) is 9.33. The number of ether oxygens (including phenoxy) is 2. The molecule has 1 atom stereocenters. The second kappa shape index (κ2) is 5.85. The van der Waals surface area contributed by atoms with Crippen molar-refractivity contribution >= 4 is 17.6 Å². The van der Waals surface area contributed by atoms with Crippen molar-refractivity contribution in [3.8, 4) is 5.75 Å². The van der Waals surface area contributed by atoms with Gasteiger partial charge in [0.1, 0.15) is 11.9 Å². The first kappa shape index (κ1) is 14.7. The molecule has 21 heavy (non-hydrogen) atoms. The largest absolute Gasteiger partial charge is 0.490 e. The quantitative estimate of drug-likeness (QED) is 0.919. The van der Waals surface area contributed by atoms with E-state index in [9.17, 15) is 4.79 Å². The van der Waals surface area contributed by atoms with E-state index in [0.29, 0.717) is 12.4 Å². The van der Waals surface area contributed by atoms with Crippen molar-refractivity contribution < 1.29 is 19.4 Å². The highest BCUT2D eigenvalue weighted by molar-refractivity contribution is 6.33. The number of rotatable bonds is 3. The Kier molecular flexibility index (Phi) is 4.09. The summed E-state index contributed by atoms with van der Waals surface area (Å²) < 4.78 is 12.0. The Morgan fingerprint density at radius 2 is 2.14 bits per heavy atom. The molecule has 1 aliphatic heterocycles. The fraction of sp³-hybridized carbons (Fsp3) is 0.562. The Morgan fingerprint density at radius 1 is 1.38 bits per heavy atom. The fourth-order valence-corrected chi connectivity index (χ4v) is 3.58. The summed E-state index contributed by atoms with van der Waals surface area (Å²) in [7, 11) is 0. The maximum Gasteiger partial charge on any atom is 0.337 e. The standard InChI is InChI=1S/C16H19ClO4/c17-14-4-3-11(9-13(14)15(18)19)21-12-5-8-20-16(10-12)6-1-2-7-16/h3-4,9,12H,1-2,5-8,10H2,(H,18,19). The number of carbonyl (C=O) groups is 1. The van der Waals surface area contributed by atoms with Gasteiger partial charge < -0.3 is 14.6 Å². The summed E-state index contributed by atoms with van der Waals surface area (Å²) in [5.74, 6) is -0.471. The van der Waals surface area contributed by atoms with Crippen LogP contribution in [0, 0.1) is 0 Å². The van der Waals surface area contributed by atoms with Crippen molar-refractivity contribution in [2.24, 2.45) is 0 Å². The Balaban J connectivity index is 1.71. The smallest absolute Gasteiger partial charge is 0.337 e. The van der Waals surface area contributed by atoms with Crippen LogP contribution in [0.4, 0.5) is 0 Å². The first-order valence-electron chi connectivity index (χ1n) is 7.41. The van der Waals surface area contributed by atoms with Crippen LogP contribution in [0.3, 0.4) is 0 Å². The molecular formula is C16H19ClO4. The molecule has 5 heteroatoms. The van der Waals surface area contributed by atoms with Crippen molar-refractivity contribution in [1.82, 2.24) is 0 Å². The van der Waals surface area contributed by atoms with Gasteiger partial charge in [-0.2, -0.15) is 0 Å². The van der Waals surface area contributed by atoms with Gasteiger partial charge in [0, 0.05) is 12.8 Å². The van der Waals surface area contributed by atoms with Crippen LogP contribution in [-0.4, -0.2) is 29.4 Å². The van der Waals surface area contributed by atoms with E-state index in [0.717, 1.165) is 25.7 Å². The molecular weight excluding hydrogens is 292 g/mol. The highest BCUT2D eigenvalue weighted by atomic mass is 35.5. The summed E-state index contributed by atoms with van der Waals surface area (Å²) in [4.78, 5) is 11.1. The van der Waals surface area contributed by atoms with E-state index < -0.39 is 5.97 Å². The maximum absolute atomic E-state index is 11.1. The number of carboxylic acids is 1. The summed E-state index contributed by atoms with van der Waals surface area (Å²) >= 11 is 5.88. The van der Waals surface area contributed by atoms with Gasteiger partial charge in [0.15, 0.2) is 0 Å². The summed E-state index contributed by atoms with van der Waals surface area (Å²) in [6.07, 6.45) is 6.46. The van der Waals surface area contributed by atoms with Gasteiger partial charge >= 0.3 is 5.97 Å². The molecule has 1 aromatic carbocycles. The van der Waals surface area contributed by atoms with E-state index in [1.165, 1.54) is 18.9 Å². The molecule has 1 aliphatic carbocycles. The third-order valence-electron chi connectivity index (χ3n) is 4.43. The maximum atomic E-state index is 11.1. The Bertz CT molecular complexity index is 537. The second-order valence-corrected chi connectivity index (χ2v) is 6.33. The molecule has 4 nitrogen and oxygen atoms in total. The fourth-order valence-electron chi connectivity index (χ4n) is 3.39. The summed E-state index contributed by atoms with van der Waals surface area (Å²) in [6, 6.07) is 4.80. The van der Waals surface area contributed by atoms with Crippen LogP contribution >= 0.6 is 11.6 Å². The second-order valence-electron chi connectivity index (χ2n) is 5.92. The first-order valence-corrected chi connectivity index (χ1v) is 7.79. The average Bonchev–Trinajstić information content (AvgIpc) is 2.88. The van der Waals surface area contributed by atoms with Crippen molar-refractivity contribution in [3.63, 3.8) is 0 Å². The monoisotopic (exact) mass is 310 g/mol. The zero-order chi connectivity index (χ0) is 14.9. The molecule has 0 aromatic heterocycles. The minimum Gasteiger partial charge on any atom is -0.490 e. The van der Waals surface area contributed by atoms with Gasteiger partial charge in [-0.05, 0) is 31.0 Å². The molecule has 3 rings (SSSR count). The van der Waals surface area contributed by atoms with Gasteiger partial charge in [-0.15, -0.1) is 0 Å². The number of halogens is 1. The van der Waals surface area contributed by atoms with Crippen LogP contribution in [0.15, 0.2) is 18.2 Å². The molecule has 0 amide bonds. The summed E-state index contributed by atoms with van der Waals surface area (Å²) in [6.45, 7) is 0.712. The van der Waals surface area contributed by atoms with E-state index in [1.807, 2.05) is 0 Å². The molecule has 0 radical (unpaired) electrons. The van der Waals surface area contributed by atoms with Crippen molar-refractivity contribution in [3.05, 3.63) is 28.8 Å². The van der Waals surface area contributed by atoms with Crippen molar-refractivity contribution in [1.29, 1.82) is 0 Å². The van der Waals surface area contributed by atoms with E-state index in [1.54, 1.807) is 12.1 Å². The zero-order valence-corrected chi connectivity index (χ0v) is 12.6. The first-order chi connectivity index (χ1) is 10.1. The normalized spacial score (nSPS) is 24.1. The topological polar surface area (TPSA) is 55.8 Å². The Labute approximate surface area is 129 Å². The lowest BCUT2D eigenvalue weighted by molar-refractivity contribution is -0.108. The number of hydrogen-bond donors (Lipinski definition) is 1. The molecule has 2 fully saturated rings. The minimum atomic E-state index is -1.04. The van der Waals surface area contributed by atoms with Crippen LogP contribution in [0.25, 0.3) is 0 Å². The van der Waals surface area contributed by atoms with Crippen LogP contribution in [0.1, 0.15) is 48.9 Å². The van der Waals surface area contributed by atoms with Crippen LogP contribution in [-0.2, 0) is 4.74 Å². The molecule has 0 bridgehead atoms. The van der Waals surface area contributed by atoms with Crippen molar-refractivity contribution in [2.75, 3.05) is 6.61 Å². The van der Waals surface area contributed by atoms with Gasteiger partial charge in [-0.1, -0.05) is 24.4 Å². The Morgan fingerprint density at radius 3 is 2.86 bits per heavy atom. The number of carboxylic acid groups (broad SMARTS) is 1. The molecule has 1 heterocycles. The molecule has 1 saturated carbocycles. The molecule has 1 saturated heterocycles. The van der Waals surface area contributed by atoms with Crippen molar-refractivity contribution in [2.45, 2.75) is 50.2 Å². The lowest BCUT2D eigenvalue weighted by Crippen LogP contribution is -2.41. The molecule has 1 N–H and O–H groups in total. The molecule has 1 unspecified atom stereocenters. The van der Waals surface area contributed by atoms with Crippen LogP contribution in [0.5, 0.6) is 5.75 Å². The van der Waals surface area contributed by atoms with Crippen LogP contribution < -0.4 is 4.74 Å². The lowest BCUT2D eigenvalue weighted by atomic mass is 9.90. The number of hydrogen-bond acceptors (Lipinski definition) is 3. The van der Waals surface area contributed by atoms with Gasteiger partial charge in [0.2, 0.25) is 0 Å². The molecule has 114 valence electrons. The SMILES string of the molecule is O=C(O)c1cc(OC2CCOC3(CCCC3)C2)ccc1Cl. The molecule has 2 aliphatic rings. The van der Waals surface area contributed by atoms with E-state index in [4.69, 9.17) is 26.2 Å². The predicted octanol–water partition coefficient (Wildman–Crippen LogP) is 3.91. The minimum absolute atomic E-state index is 0.00896. The van der Waals surface area contributed by atoms with Gasteiger partial charge in [0.25, 0.3) is 0 Å². The van der Waals surface area contributed by atoms with Crippen LogP contribution in [0.2, 0.25) is 5.02 Å². The van der Waals surface area contributed by atoms with Gasteiger partial charge in [-0.25, -0.2) is 4.79 Å². The third kappa shape index (κ3) is 3.16. The van der Waals surface area contributed by atoms with E-state index >= 15 is 0 Å². The number of benzene rings is 1. The van der Waals surface area contributed by atoms with Gasteiger partial charge in [-0.3, -0.25) is 0 Å². The summed E-state index contributed by atoms with van der Waals surface area (Å²) in [5.41, 5.74) is 0.0714. The molecule has 1 spiro atoms.